The zero-order valence-electron chi connectivity index (χ0n) is 26.9. The van der Waals surface area contributed by atoms with Gasteiger partial charge in [0.05, 0.1) is 19.3 Å². The van der Waals surface area contributed by atoms with Crippen molar-refractivity contribution >= 4 is 39.6 Å². The summed E-state index contributed by atoms with van der Waals surface area (Å²) in [5.74, 6) is 1.33. The summed E-state index contributed by atoms with van der Waals surface area (Å²) < 4.78 is 37.3. The highest BCUT2D eigenvalue weighted by Crippen LogP contribution is 2.83. The number of carbonyl (C=O) groups excluding carboxylic acids is 3. The molecule has 4 saturated heterocycles. The van der Waals surface area contributed by atoms with Crippen LogP contribution in [0.4, 0.5) is 4.79 Å². The molecule has 1 unspecified atom stereocenters. The molecule has 8 rings (SSSR count). The Labute approximate surface area is 278 Å². The van der Waals surface area contributed by atoms with Crippen LogP contribution >= 0.6 is 21.6 Å². The molecule has 13 heteroatoms. The van der Waals surface area contributed by atoms with Crippen molar-refractivity contribution in [3.05, 3.63) is 11.1 Å². The normalized spacial score (nSPS) is 43.8. The van der Waals surface area contributed by atoms with E-state index < -0.39 is 29.0 Å². The molecular weight excluding hydrogens is 633 g/mol. The molecule has 6 fully saturated rings. The maximum Gasteiger partial charge on any atom is 0.407 e. The first-order valence-electron chi connectivity index (χ1n) is 17.2. The lowest BCUT2D eigenvalue weighted by Gasteiger charge is -2.53. The molecule has 0 aromatic rings. The van der Waals surface area contributed by atoms with Crippen molar-refractivity contribution in [2.24, 2.45) is 17.3 Å². The lowest BCUT2D eigenvalue weighted by atomic mass is 9.46. The average molecular weight is 679 g/mol. The van der Waals surface area contributed by atoms with Crippen molar-refractivity contribution in [1.29, 1.82) is 0 Å². The number of hydrogen-bond acceptors (Lipinski definition) is 11. The van der Waals surface area contributed by atoms with Crippen molar-refractivity contribution in [2.45, 2.75) is 119 Å². The van der Waals surface area contributed by atoms with Gasteiger partial charge in [0.2, 0.25) is 5.91 Å². The van der Waals surface area contributed by atoms with Gasteiger partial charge in [0, 0.05) is 41.5 Å². The van der Waals surface area contributed by atoms with Gasteiger partial charge in [-0.25, -0.2) is 9.59 Å². The molecule has 8 aliphatic rings. The first kappa shape index (κ1) is 31.7. The number of hydrogen-bond donors (Lipinski definition) is 2. The van der Waals surface area contributed by atoms with Crippen LogP contribution in [0.5, 0.6) is 0 Å². The van der Waals surface area contributed by atoms with E-state index in [0.717, 1.165) is 42.1 Å². The Hall–Kier alpha value is -1.51. The number of rotatable bonds is 13. The van der Waals surface area contributed by atoms with Gasteiger partial charge in [0.25, 0.3) is 0 Å². The quantitative estimate of drug-likeness (QED) is 0.128. The zero-order valence-corrected chi connectivity index (χ0v) is 28.6. The second-order valence-corrected chi connectivity index (χ2v) is 17.5. The van der Waals surface area contributed by atoms with E-state index in [-0.39, 0.29) is 54.0 Å². The molecule has 2 amide bonds. The molecule has 5 heterocycles. The van der Waals surface area contributed by atoms with Gasteiger partial charge in [-0.15, -0.1) is 0 Å². The van der Waals surface area contributed by atoms with Gasteiger partial charge in [0.1, 0.15) is 30.0 Å². The van der Waals surface area contributed by atoms with Crippen LogP contribution in [0.15, 0.2) is 11.1 Å². The van der Waals surface area contributed by atoms with Gasteiger partial charge in [-0.3, -0.25) is 4.79 Å². The van der Waals surface area contributed by atoms with Crippen LogP contribution in [0.1, 0.15) is 72.1 Å². The smallest absolute Gasteiger partial charge is 0.407 e. The van der Waals surface area contributed by atoms with Crippen LogP contribution < -0.4 is 10.6 Å². The number of esters is 1. The van der Waals surface area contributed by atoms with Crippen LogP contribution in [0.2, 0.25) is 0 Å². The van der Waals surface area contributed by atoms with Crippen molar-refractivity contribution in [3.8, 4) is 0 Å². The predicted octanol–water partition coefficient (Wildman–Crippen LogP) is 3.68. The minimum absolute atomic E-state index is 0.0592. The van der Waals surface area contributed by atoms with Crippen LogP contribution in [0, 0.1) is 17.3 Å². The summed E-state index contributed by atoms with van der Waals surface area (Å²) >= 11 is 0. The highest BCUT2D eigenvalue weighted by molar-refractivity contribution is 8.77. The Bertz CT molecular complexity index is 1320. The molecule has 0 radical (unpaired) electrons. The highest BCUT2D eigenvalue weighted by Gasteiger charge is 3.01. The van der Waals surface area contributed by atoms with Crippen molar-refractivity contribution < 1.29 is 42.8 Å². The van der Waals surface area contributed by atoms with E-state index in [0.29, 0.717) is 39.2 Å². The Balaban J connectivity index is 0.833. The Morgan fingerprint density at radius 1 is 1.09 bits per heavy atom. The van der Waals surface area contributed by atoms with Gasteiger partial charge < -0.3 is 39.1 Å². The number of epoxide rings is 3. The largest absolute Gasteiger partial charge is 0.458 e. The Morgan fingerprint density at radius 3 is 2.70 bits per heavy atom. The summed E-state index contributed by atoms with van der Waals surface area (Å²) in [5, 5.41) is 6.52. The molecule has 11 nitrogen and oxygen atoms in total. The molecule has 0 bridgehead atoms. The third kappa shape index (κ3) is 4.57. The molecule has 3 aliphatic carbocycles. The number of carbonyl (C=O) groups is 3. The minimum atomic E-state index is -0.775. The first-order valence-corrected chi connectivity index (χ1v) is 19.6. The van der Waals surface area contributed by atoms with Crippen molar-refractivity contribution in [1.82, 2.24) is 10.6 Å². The van der Waals surface area contributed by atoms with Crippen LogP contribution in [0.3, 0.4) is 0 Å². The lowest BCUT2D eigenvalue weighted by Crippen LogP contribution is -2.70. The maximum atomic E-state index is 13.3. The molecule has 2 saturated carbocycles. The molecule has 2 spiro atoms. The van der Waals surface area contributed by atoms with Gasteiger partial charge >= 0.3 is 12.1 Å². The van der Waals surface area contributed by atoms with E-state index in [4.69, 9.17) is 28.4 Å². The number of cyclic esters (lactones) is 1. The topological polar surface area (TPSA) is 141 Å². The molecule has 2 N–H and O–H groups in total. The summed E-state index contributed by atoms with van der Waals surface area (Å²) in [5.41, 5.74) is -0.422. The molecule has 254 valence electrons. The molecular formula is C33H46N2O9S2. The summed E-state index contributed by atoms with van der Waals surface area (Å²) in [4.78, 5) is 37.8. The minimum Gasteiger partial charge on any atom is -0.458 e. The maximum absolute atomic E-state index is 13.3. The standard InChI is InChI=1S/C33H46N2O9S2/c1-18(2)31-25(43-31)26-33(44-26)30(3)10-8-20-21(17-40-27(20)37)22(30)16-23-32(33,42-23)28(31)41-29(38)35-12-14-39-13-11-34-24(36)7-5-4-6-19-9-15-45-46-19/h18-19,22-23,25-26,28H,4-17H2,1-3H3,(H,34,36)(H,35,38)/t19?,22-,23-,25-,26-,28+,30-,31-,32+,33+/m0/s1. The molecule has 0 aromatic heterocycles. The van der Waals surface area contributed by atoms with E-state index in [1.807, 2.05) is 21.6 Å². The monoisotopic (exact) mass is 678 g/mol. The van der Waals surface area contributed by atoms with Crippen molar-refractivity contribution in [3.63, 3.8) is 0 Å². The van der Waals surface area contributed by atoms with E-state index in [9.17, 15) is 14.4 Å². The fraction of sp³-hybridized carbons (Fsp3) is 0.848. The second kappa shape index (κ2) is 11.5. The van der Waals surface area contributed by atoms with Gasteiger partial charge in [0.15, 0.2) is 11.7 Å². The number of alkyl carbamates (subject to hydrolysis) is 1. The number of fused-ring (bicyclic) bond motifs is 4. The highest BCUT2D eigenvalue weighted by atomic mass is 33.1. The molecule has 46 heavy (non-hydrogen) atoms. The molecule has 0 aromatic carbocycles. The first-order chi connectivity index (χ1) is 22.2. The van der Waals surface area contributed by atoms with Crippen LogP contribution in [0.25, 0.3) is 0 Å². The Morgan fingerprint density at radius 2 is 1.91 bits per heavy atom. The third-order valence-electron chi connectivity index (χ3n) is 12.3. The van der Waals surface area contributed by atoms with E-state index in [2.05, 4.69) is 31.4 Å². The molecule has 5 aliphatic heterocycles. The Kier molecular flexibility index (Phi) is 7.96. The number of unbranched alkanes of at least 4 members (excludes halogenated alkanes) is 1. The number of amides is 2. The zero-order chi connectivity index (χ0) is 31.9. The summed E-state index contributed by atoms with van der Waals surface area (Å²) in [6.45, 7) is 8.22. The summed E-state index contributed by atoms with van der Waals surface area (Å²) in [6, 6.07) is 0. The molecule has 10 atom stereocenters. The van der Waals surface area contributed by atoms with E-state index >= 15 is 0 Å². The lowest BCUT2D eigenvalue weighted by molar-refractivity contribution is -0.136. The van der Waals surface area contributed by atoms with Gasteiger partial charge in [-0.1, -0.05) is 48.8 Å². The average Bonchev–Trinajstić information content (AvgIpc) is 3.97. The number of ether oxygens (including phenoxy) is 6. The fourth-order valence-electron chi connectivity index (χ4n) is 9.89. The fourth-order valence-corrected chi connectivity index (χ4v) is 12.9. The van der Waals surface area contributed by atoms with Gasteiger partial charge in [-0.05, 0) is 55.9 Å². The summed E-state index contributed by atoms with van der Waals surface area (Å²) in [6.07, 6.45) is 5.64. The third-order valence-corrected chi connectivity index (χ3v) is 15.3. The number of nitrogens with one attached hydrogen (secondary N) is 2. The second-order valence-electron chi connectivity index (χ2n) is 14.8. The van der Waals surface area contributed by atoms with Crippen LogP contribution in [-0.2, 0) is 38.0 Å². The predicted molar refractivity (Wildman–Crippen MR) is 170 cm³/mol. The van der Waals surface area contributed by atoms with Crippen molar-refractivity contribution in [2.75, 3.05) is 38.7 Å². The van der Waals surface area contributed by atoms with E-state index in [1.54, 1.807) is 0 Å². The SMILES string of the molecule is CC(C)[C@]12O[C@H]1[C@@H]1O[C@]13[C@]1(O[C@H]1C[C@H]1C4=C(CC[C@@]13C)C(=O)OC4)[C@@H]2OC(=O)NCCOCCNC(=O)CCCCC1CCSS1. The summed E-state index contributed by atoms with van der Waals surface area (Å²) in [7, 11) is 3.94. The van der Waals surface area contributed by atoms with E-state index in [1.165, 1.54) is 18.6 Å². The van der Waals surface area contributed by atoms with Crippen LogP contribution in [-0.4, -0.2) is 103 Å². The van der Waals surface area contributed by atoms with Gasteiger partial charge in [-0.2, -0.15) is 0 Å².